The van der Waals surface area contributed by atoms with E-state index >= 15 is 0 Å². The van der Waals surface area contributed by atoms with Gasteiger partial charge in [-0.05, 0) is 42.0 Å². The van der Waals surface area contributed by atoms with Gasteiger partial charge in [0.2, 0.25) is 0 Å². The molecule has 0 radical (unpaired) electrons. The summed E-state index contributed by atoms with van der Waals surface area (Å²) in [5, 5.41) is 5.64. The molecule has 0 aliphatic heterocycles. The van der Waals surface area contributed by atoms with Crippen molar-refractivity contribution in [2.75, 3.05) is 5.32 Å². The summed E-state index contributed by atoms with van der Waals surface area (Å²) >= 11 is 5.09. The Morgan fingerprint density at radius 2 is 1.58 bits per heavy atom. The van der Waals surface area contributed by atoms with Crippen molar-refractivity contribution in [2.45, 2.75) is 9.79 Å². The fourth-order valence-corrected chi connectivity index (χ4v) is 3.59. The zero-order valence-electron chi connectivity index (χ0n) is 13.9. The largest absolute Gasteiger partial charge is 0.323 e. The first-order valence-electron chi connectivity index (χ1n) is 8.03. The molecule has 0 bridgehead atoms. The molecule has 26 heavy (non-hydrogen) atoms. The van der Waals surface area contributed by atoms with E-state index in [4.69, 9.17) is 0 Å². The Balaban J connectivity index is 1.63. The second-order valence-corrected chi connectivity index (χ2v) is 7.33. The Hall–Kier alpha value is -2.50. The molecule has 0 atom stereocenters. The number of para-hydroxylation sites is 1. The van der Waals surface area contributed by atoms with Crippen LogP contribution in [0.2, 0.25) is 0 Å². The van der Waals surface area contributed by atoms with Crippen molar-refractivity contribution < 1.29 is 4.79 Å². The van der Waals surface area contributed by atoms with Gasteiger partial charge in [-0.1, -0.05) is 76.2 Å². The number of anilines is 1. The van der Waals surface area contributed by atoms with E-state index in [1.165, 1.54) is 0 Å². The molecule has 2 N–H and O–H groups in total. The van der Waals surface area contributed by atoms with Crippen molar-refractivity contribution in [2.24, 2.45) is 0 Å². The molecule has 3 aromatic carbocycles. The van der Waals surface area contributed by atoms with Gasteiger partial charge < -0.3 is 10.6 Å². The summed E-state index contributed by atoms with van der Waals surface area (Å²) in [6, 6.07) is 25.3. The van der Waals surface area contributed by atoms with E-state index in [9.17, 15) is 4.79 Å². The summed E-state index contributed by atoms with van der Waals surface area (Å²) in [4.78, 5) is 14.3. The van der Waals surface area contributed by atoms with Crippen LogP contribution in [-0.4, -0.2) is 6.03 Å². The summed E-state index contributed by atoms with van der Waals surface area (Å²) in [5.74, 6) is 0. The minimum atomic E-state index is -0.283. The van der Waals surface area contributed by atoms with E-state index in [2.05, 4.69) is 26.6 Å². The van der Waals surface area contributed by atoms with E-state index in [1.807, 2.05) is 84.9 Å². The molecule has 130 valence electrons. The predicted molar refractivity (Wildman–Crippen MR) is 112 cm³/mol. The highest BCUT2D eigenvalue weighted by Gasteiger charge is 2.06. The van der Waals surface area contributed by atoms with E-state index < -0.39 is 0 Å². The molecule has 0 aliphatic rings. The molecule has 0 unspecified atom stereocenters. The maximum atomic E-state index is 12.2. The molecule has 0 aliphatic carbocycles. The van der Waals surface area contributed by atoms with E-state index in [-0.39, 0.29) is 6.03 Å². The minimum Gasteiger partial charge on any atom is -0.314 e. The first-order chi connectivity index (χ1) is 12.7. The number of benzene rings is 3. The quantitative estimate of drug-likeness (QED) is 0.497. The Morgan fingerprint density at radius 3 is 2.38 bits per heavy atom. The molecule has 0 spiro atoms. The van der Waals surface area contributed by atoms with Gasteiger partial charge in [0.15, 0.2) is 0 Å². The molecule has 0 saturated carbocycles. The van der Waals surface area contributed by atoms with Crippen molar-refractivity contribution in [3.05, 3.63) is 95.1 Å². The van der Waals surface area contributed by atoms with Crippen LogP contribution in [0.1, 0.15) is 5.56 Å². The van der Waals surface area contributed by atoms with E-state index in [0.29, 0.717) is 0 Å². The maximum absolute atomic E-state index is 12.2. The number of nitrogens with one attached hydrogen (secondary N) is 2. The van der Waals surface area contributed by atoms with Crippen molar-refractivity contribution in [3.8, 4) is 0 Å². The monoisotopic (exact) mass is 424 g/mol. The smallest absolute Gasteiger partial charge is 0.314 e. The molecule has 5 heteroatoms. The Labute approximate surface area is 165 Å². The highest BCUT2D eigenvalue weighted by molar-refractivity contribution is 9.10. The van der Waals surface area contributed by atoms with E-state index in [1.54, 1.807) is 18.0 Å². The van der Waals surface area contributed by atoms with Crippen molar-refractivity contribution >= 4 is 45.5 Å². The van der Waals surface area contributed by atoms with Crippen LogP contribution in [0.5, 0.6) is 0 Å². The standard InChI is InChI=1S/C21H17BrN2OS/c22-18-11-5-4-8-16(18)14-15-23-21(25)24-19-12-6-7-13-20(19)26-17-9-2-1-3-10-17/h1-15H,(H2,23,24,25)/b15-14+. The van der Waals surface area contributed by atoms with E-state index in [0.717, 1.165) is 25.5 Å². The lowest BCUT2D eigenvalue weighted by molar-refractivity contribution is 0.255. The molecule has 0 aromatic heterocycles. The molecule has 3 rings (SSSR count). The van der Waals surface area contributed by atoms with Crippen LogP contribution in [0, 0.1) is 0 Å². The Bertz CT molecular complexity index is 913. The summed E-state index contributed by atoms with van der Waals surface area (Å²) in [5.41, 5.74) is 1.76. The Kier molecular flexibility index (Phi) is 6.52. The third-order valence-corrected chi connectivity index (χ3v) is 5.29. The summed E-state index contributed by atoms with van der Waals surface area (Å²) in [7, 11) is 0. The molecular weight excluding hydrogens is 408 g/mol. The number of amides is 2. The lowest BCUT2D eigenvalue weighted by atomic mass is 10.2. The maximum Gasteiger partial charge on any atom is 0.323 e. The number of carbonyl (C=O) groups is 1. The average Bonchev–Trinajstić information content (AvgIpc) is 2.66. The number of hydrogen-bond acceptors (Lipinski definition) is 2. The molecule has 0 saturated heterocycles. The second-order valence-electron chi connectivity index (χ2n) is 5.36. The third-order valence-electron chi connectivity index (χ3n) is 3.49. The van der Waals surface area contributed by atoms with Crippen molar-refractivity contribution in [3.63, 3.8) is 0 Å². The lowest BCUT2D eigenvalue weighted by Crippen LogP contribution is -2.24. The van der Waals surface area contributed by atoms with Crippen LogP contribution in [0.25, 0.3) is 6.08 Å². The topological polar surface area (TPSA) is 41.1 Å². The van der Waals surface area contributed by atoms with Crippen LogP contribution in [0.3, 0.4) is 0 Å². The highest BCUT2D eigenvalue weighted by Crippen LogP contribution is 2.33. The summed E-state index contributed by atoms with van der Waals surface area (Å²) < 4.78 is 0.975. The van der Waals surface area contributed by atoms with Gasteiger partial charge in [-0.3, -0.25) is 0 Å². The third kappa shape index (κ3) is 5.25. The number of urea groups is 1. The van der Waals surface area contributed by atoms with Gasteiger partial charge in [0.1, 0.15) is 0 Å². The SMILES string of the molecule is O=C(N/C=C/c1ccccc1Br)Nc1ccccc1Sc1ccccc1. The first-order valence-corrected chi connectivity index (χ1v) is 9.64. The molecular formula is C21H17BrN2OS. The van der Waals surface area contributed by atoms with Gasteiger partial charge in [0, 0.05) is 20.5 Å². The molecule has 0 fully saturated rings. The van der Waals surface area contributed by atoms with Crippen LogP contribution in [-0.2, 0) is 0 Å². The lowest BCUT2D eigenvalue weighted by Gasteiger charge is -2.10. The van der Waals surface area contributed by atoms with Crippen LogP contribution in [0.4, 0.5) is 10.5 Å². The van der Waals surface area contributed by atoms with Crippen molar-refractivity contribution in [1.82, 2.24) is 5.32 Å². The first kappa shape index (κ1) is 18.3. The average molecular weight is 425 g/mol. The molecule has 2 amide bonds. The highest BCUT2D eigenvalue weighted by atomic mass is 79.9. The van der Waals surface area contributed by atoms with Gasteiger partial charge >= 0.3 is 6.03 Å². The van der Waals surface area contributed by atoms with Crippen molar-refractivity contribution in [1.29, 1.82) is 0 Å². The van der Waals surface area contributed by atoms with Gasteiger partial charge in [0.25, 0.3) is 0 Å². The number of halogens is 1. The van der Waals surface area contributed by atoms with Gasteiger partial charge in [-0.2, -0.15) is 0 Å². The van der Waals surface area contributed by atoms with Crippen LogP contribution >= 0.6 is 27.7 Å². The molecule has 3 aromatic rings. The predicted octanol–water partition coefficient (Wildman–Crippen LogP) is 6.39. The van der Waals surface area contributed by atoms with Crippen LogP contribution in [0.15, 0.2) is 99.3 Å². The van der Waals surface area contributed by atoms with Gasteiger partial charge in [0.05, 0.1) is 5.69 Å². The molecule has 3 nitrogen and oxygen atoms in total. The van der Waals surface area contributed by atoms with Crippen LogP contribution < -0.4 is 10.6 Å². The Morgan fingerprint density at radius 1 is 0.885 bits per heavy atom. The normalized spacial score (nSPS) is 10.7. The zero-order chi connectivity index (χ0) is 18.2. The number of rotatable bonds is 5. The minimum absolute atomic E-state index is 0.283. The van der Waals surface area contributed by atoms with Gasteiger partial charge in [-0.25, -0.2) is 4.79 Å². The molecule has 0 heterocycles. The number of hydrogen-bond donors (Lipinski definition) is 2. The number of carbonyl (C=O) groups excluding carboxylic acids is 1. The fourth-order valence-electron chi connectivity index (χ4n) is 2.25. The summed E-state index contributed by atoms with van der Waals surface area (Å²) in [6.45, 7) is 0. The second kappa shape index (κ2) is 9.27. The van der Waals surface area contributed by atoms with Gasteiger partial charge in [-0.15, -0.1) is 0 Å². The fraction of sp³-hybridized carbons (Fsp3) is 0. The zero-order valence-corrected chi connectivity index (χ0v) is 16.3. The summed E-state index contributed by atoms with van der Waals surface area (Å²) in [6.07, 6.45) is 3.47.